The van der Waals surface area contributed by atoms with E-state index in [1.807, 2.05) is 19.0 Å². The number of likely N-dealkylation sites (N-methyl/N-ethyl adjacent to an activating group) is 2. The van der Waals surface area contributed by atoms with E-state index in [-0.39, 0.29) is 11.8 Å². The number of nitrogens with zero attached hydrogens (tertiary/aromatic N) is 2. The zero-order valence-corrected chi connectivity index (χ0v) is 17.5. The van der Waals surface area contributed by atoms with Gasteiger partial charge in [0.1, 0.15) is 0 Å². The molecule has 0 radical (unpaired) electrons. The van der Waals surface area contributed by atoms with Gasteiger partial charge in [0, 0.05) is 36.9 Å². The highest BCUT2D eigenvalue weighted by molar-refractivity contribution is 7.88. The molecular formula is C20H26ClN3O2S. The highest BCUT2D eigenvalue weighted by Crippen LogP contribution is 2.30. The molecule has 1 N–H and O–H groups in total. The quantitative estimate of drug-likeness (QED) is 0.766. The Hall–Kier alpha value is -1.60. The summed E-state index contributed by atoms with van der Waals surface area (Å²) in [5.74, 6) is -0.123. The van der Waals surface area contributed by atoms with Crippen LogP contribution in [-0.2, 0) is 22.2 Å². The largest absolute Gasteiger partial charge is 0.374 e. The molecule has 0 aromatic heterocycles. The van der Waals surface area contributed by atoms with Crippen LogP contribution in [0.3, 0.4) is 0 Å². The van der Waals surface area contributed by atoms with Gasteiger partial charge in [0.25, 0.3) is 0 Å². The normalized spacial score (nSPS) is 15.2. The predicted octanol–water partition coefficient (Wildman–Crippen LogP) is 3.05. The summed E-state index contributed by atoms with van der Waals surface area (Å²) in [5, 5.41) is 0.467. The summed E-state index contributed by atoms with van der Waals surface area (Å²) in [4.78, 5) is 4.29. The van der Waals surface area contributed by atoms with Crippen LogP contribution in [0.4, 0.5) is 5.69 Å². The topological polar surface area (TPSA) is 52.7 Å². The molecule has 0 bridgehead atoms. The minimum atomic E-state index is -3.48. The van der Waals surface area contributed by atoms with Crippen LogP contribution in [0.15, 0.2) is 42.5 Å². The van der Waals surface area contributed by atoms with E-state index in [1.54, 1.807) is 24.3 Å². The molecule has 0 spiro atoms. The second-order valence-electron chi connectivity index (χ2n) is 7.24. The van der Waals surface area contributed by atoms with Gasteiger partial charge in [0.2, 0.25) is 10.0 Å². The molecule has 7 heteroatoms. The van der Waals surface area contributed by atoms with E-state index in [4.69, 9.17) is 11.6 Å². The maximum atomic E-state index is 12.5. The van der Waals surface area contributed by atoms with E-state index >= 15 is 0 Å². The molecule has 1 aliphatic rings. The smallest absolute Gasteiger partial charge is 0.215 e. The van der Waals surface area contributed by atoms with Crippen molar-refractivity contribution in [3.05, 3.63) is 64.2 Å². The van der Waals surface area contributed by atoms with E-state index in [1.165, 1.54) is 11.3 Å². The lowest BCUT2D eigenvalue weighted by Gasteiger charge is -2.26. The summed E-state index contributed by atoms with van der Waals surface area (Å²) in [6, 6.07) is 13.4. The summed E-state index contributed by atoms with van der Waals surface area (Å²) in [7, 11) is 2.54. The van der Waals surface area contributed by atoms with Crippen LogP contribution in [0.5, 0.6) is 0 Å². The molecule has 1 unspecified atom stereocenters. The summed E-state index contributed by atoms with van der Waals surface area (Å²) in [5.41, 5.74) is 4.31. The molecule has 5 nitrogen and oxygen atoms in total. The zero-order chi connectivity index (χ0) is 19.6. The molecule has 27 heavy (non-hydrogen) atoms. The first-order chi connectivity index (χ1) is 12.8. The van der Waals surface area contributed by atoms with Gasteiger partial charge in [-0.2, -0.15) is 0 Å². The van der Waals surface area contributed by atoms with Crippen LogP contribution in [0, 0.1) is 0 Å². The highest BCUT2D eigenvalue weighted by Gasteiger charge is 2.22. The van der Waals surface area contributed by atoms with Gasteiger partial charge in [-0.25, -0.2) is 13.1 Å². The summed E-state index contributed by atoms with van der Waals surface area (Å²) >= 11 is 6.10. The van der Waals surface area contributed by atoms with Crippen LogP contribution in [0.2, 0.25) is 5.02 Å². The van der Waals surface area contributed by atoms with Gasteiger partial charge in [-0.3, -0.25) is 0 Å². The van der Waals surface area contributed by atoms with Gasteiger partial charge >= 0.3 is 0 Å². The van der Waals surface area contributed by atoms with E-state index in [0.29, 0.717) is 17.1 Å². The average Bonchev–Trinajstić information content (AvgIpc) is 2.97. The van der Waals surface area contributed by atoms with Gasteiger partial charge in [0.05, 0.1) is 5.75 Å². The van der Waals surface area contributed by atoms with Crippen LogP contribution in [0.25, 0.3) is 0 Å². The lowest BCUT2D eigenvalue weighted by Crippen LogP contribution is -2.35. The molecule has 1 atom stereocenters. The van der Waals surface area contributed by atoms with Gasteiger partial charge in [-0.05, 0) is 49.3 Å². The Morgan fingerprint density at radius 2 is 1.96 bits per heavy atom. The van der Waals surface area contributed by atoms with E-state index in [9.17, 15) is 8.42 Å². The summed E-state index contributed by atoms with van der Waals surface area (Å²) < 4.78 is 27.8. The van der Waals surface area contributed by atoms with Gasteiger partial charge in [0.15, 0.2) is 0 Å². The monoisotopic (exact) mass is 407 g/mol. The Morgan fingerprint density at radius 3 is 2.67 bits per heavy atom. The summed E-state index contributed by atoms with van der Waals surface area (Å²) in [6.45, 7) is 1.34. The highest BCUT2D eigenvalue weighted by atomic mass is 35.5. The van der Waals surface area contributed by atoms with Crippen molar-refractivity contribution >= 4 is 27.3 Å². The lowest BCUT2D eigenvalue weighted by molar-refractivity contribution is 0.299. The molecule has 1 heterocycles. The molecule has 0 aliphatic carbocycles. The first-order valence-corrected chi connectivity index (χ1v) is 11.0. The van der Waals surface area contributed by atoms with Crippen molar-refractivity contribution in [2.24, 2.45) is 0 Å². The predicted molar refractivity (Wildman–Crippen MR) is 112 cm³/mol. The number of anilines is 1. The Kier molecular flexibility index (Phi) is 6.11. The van der Waals surface area contributed by atoms with E-state index in [0.717, 1.165) is 18.5 Å². The van der Waals surface area contributed by atoms with Crippen molar-refractivity contribution in [1.82, 2.24) is 9.62 Å². The third-order valence-electron chi connectivity index (χ3n) is 5.04. The number of benzene rings is 2. The second kappa shape index (κ2) is 8.19. The average molecular weight is 408 g/mol. The van der Waals surface area contributed by atoms with Gasteiger partial charge < -0.3 is 9.80 Å². The molecule has 0 fully saturated rings. The van der Waals surface area contributed by atoms with Crippen molar-refractivity contribution < 1.29 is 8.42 Å². The lowest BCUT2D eigenvalue weighted by atomic mass is 10.0. The van der Waals surface area contributed by atoms with Crippen molar-refractivity contribution in [3.8, 4) is 0 Å². The Morgan fingerprint density at radius 1 is 1.22 bits per heavy atom. The van der Waals surface area contributed by atoms with Gasteiger partial charge in [-0.1, -0.05) is 41.9 Å². The maximum Gasteiger partial charge on any atom is 0.215 e. The molecule has 0 amide bonds. The fourth-order valence-corrected chi connectivity index (χ4v) is 4.93. The first-order valence-electron chi connectivity index (χ1n) is 8.98. The fourth-order valence-electron chi connectivity index (χ4n) is 3.47. The summed E-state index contributed by atoms with van der Waals surface area (Å²) in [6.07, 6.45) is 1.03. The molecule has 0 saturated heterocycles. The van der Waals surface area contributed by atoms with Crippen molar-refractivity contribution in [1.29, 1.82) is 0 Å². The van der Waals surface area contributed by atoms with E-state index < -0.39 is 10.0 Å². The van der Waals surface area contributed by atoms with Crippen molar-refractivity contribution in [3.63, 3.8) is 0 Å². The maximum absolute atomic E-state index is 12.5. The molecule has 0 saturated carbocycles. The SMILES string of the molecule is CN1CCc2cc(C(CNS(=O)(=O)Cc3ccccc3Cl)N(C)C)ccc21. The minimum Gasteiger partial charge on any atom is -0.374 e. The number of fused-ring (bicyclic) bond motifs is 1. The number of rotatable bonds is 7. The zero-order valence-electron chi connectivity index (χ0n) is 15.9. The molecule has 146 valence electrons. The molecule has 2 aromatic rings. The van der Waals surface area contributed by atoms with Crippen LogP contribution < -0.4 is 9.62 Å². The Balaban J connectivity index is 1.73. The second-order valence-corrected chi connectivity index (χ2v) is 9.45. The minimum absolute atomic E-state index is 0.0396. The third-order valence-corrected chi connectivity index (χ3v) is 6.71. The molecule has 1 aliphatic heterocycles. The van der Waals surface area contributed by atoms with E-state index in [2.05, 4.69) is 34.9 Å². The number of hydrogen-bond donors (Lipinski definition) is 1. The van der Waals surface area contributed by atoms with Crippen LogP contribution in [-0.4, -0.2) is 47.6 Å². The Labute approximate surface area is 167 Å². The van der Waals surface area contributed by atoms with Crippen molar-refractivity contribution in [2.45, 2.75) is 18.2 Å². The van der Waals surface area contributed by atoms with Crippen molar-refractivity contribution in [2.75, 3.05) is 39.1 Å². The van der Waals surface area contributed by atoms with Crippen LogP contribution >= 0.6 is 11.6 Å². The number of nitrogens with one attached hydrogen (secondary N) is 1. The number of sulfonamides is 1. The molecule has 2 aromatic carbocycles. The van der Waals surface area contributed by atoms with Crippen LogP contribution in [0.1, 0.15) is 22.7 Å². The first kappa shape index (κ1) is 20.1. The number of hydrogen-bond acceptors (Lipinski definition) is 4. The Bertz CT molecular complexity index is 915. The number of halogens is 1. The fraction of sp³-hybridized carbons (Fsp3) is 0.400. The standard InChI is InChI=1S/C20H26ClN3O2S/c1-23(2)20(15-8-9-19-16(12-15)10-11-24(19)3)13-22-27(25,26)14-17-6-4-5-7-18(17)21/h4-9,12,20,22H,10-11,13-14H2,1-3H3. The third kappa shape index (κ3) is 4.82. The molecular weight excluding hydrogens is 382 g/mol. The van der Waals surface area contributed by atoms with Gasteiger partial charge in [-0.15, -0.1) is 0 Å². The molecule has 3 rings (SSSR count).